The Morgan fingerprint density at radius 1 is 1.33 bits per heavy atom. The van der Waals surface area contributed by atoms with Crippen LogP contribution in [0.5, 0.6) is 0 Å². The predicted octanol–water partition coefficient (Wildman–Crippen LogP) is 3.57. The summed E-state index contributed by atoms with van der Waals surface area (Å²) in [5, 5.41) is 7.19. The number of hydrogen-bond acceptors (Lipinski definition) is 5. The van der Waals surface area contributed by atoms with Gasteiger partial charge in [0.25, 0.3) is 0 Å². The molecular weight excluding hydrogens is 342 g/mol. The van der Waals surface area contributed by atoms with Crippen LogP contribution >= 0.6 is 22.7 Å². The van der Waals surface area contributed by atoms with Gasteiger partial charge in [-0.05, 0) is 30.7 Å². The van der Waals surface area contributed by atoms with Gasteiger partial charge in [0.2, 0.25) is 11.8 Å². The Morgan fingerprint density at radius 2 is 2.12 bits per heavy atom. The van der Waals surface area contributed by atoms with Crippen molar-refractivity contribution in [1.29, 1.82) is 0 Å². The van der Waals surface area contributed by atoms with E-state index in [1.165, 1.54) is 11.3 Å². The number of nitrogens with zero attached hydrogens (tertiary/aromatic N) is 2. The number of aryl methyl sites for hydroxylation is 1. The van der Waals surface area contributed by atoms with Crippen LogP contribution in [0.3, 0.4) is 0 Å². The van der Waals surface area contributed by atoms with Gasteiger partial charge in [-0.2, -0.15) is 0 Å². The second kappa shape index (κ2) is 8.94. The summed E-state index contributed by atoms with van der Waals surface area (Å²) in [5.74, 6) is 0.267. The van der Waals surface area contributed by atoms with E-state index in [1.807, 2.05) is 29.8 Å². The minimum Gasteiger partial charge on any atom is -0.333 e. The van der Waals surface area contributed by atoms with Crippen molar-refractivity contribution >= 4 is 39.6 Å². The molecule has 2 rings (SSSR count). The highest BCUT2D eigenvalue weighted by Gasteiger charge is 2.19. The van der Waals surface area contributed by atoms with Crippen LogP contribution in [0.25, 0.3) is 0 Å². The number of rotatable bonds is 8. The number of thiophene rings is 1. The first-order valence-corrected chi connectivity index (χ1v) is 9.72. The predicted molar refractivity (Wildman–Crippen MR) is 99.5 cm³/mol. The molecule has 2 aromatic rings. The quantitative estimate of drug-likeness (QED) is 0.778. The van der Waals surface area contributed by atoms with Gasteiger partial charge in [-0.1, -0.05) is 19.9 Å². The molecule has 0 aliphatic rings. The molecule has 5 nitrogen and oxygen atoms in total. The Morgan fingerprint density at radius 3 is 2.71 bits per heavy atom. The molecule has 0 atom stereocenters. The maximum absolute atomic E-state index is 12.6. The first-order valence-electron chi connectivity index (χ1n) is 7.96. The zero-order chi connectivity index (χ0) is 17.5. The van der Waals surface area contributed by atoms with Gasteiger partial charge < -0.3 is 10.2 Å². The van der Waals surface area contributed by atoms with Gasteiger partial charge in [0.05, 0.1) is 18.7 Å². The molecule has 0 bridgehead atoms. The molecule has 0 aliphatic carbocycles. The maximum atomic E-state index is 12.6. The highest BCUT2D eigenvalue weighted by molar-refractivity contribution is 7.13. The summed E-state index contributed by atoms with van der Waals surface area (Å²) < 4.78 is 0. The smallest absolute Gasteiger partial charge is 0.245 e. The minimum atomic E-state index is -0.201. The fourth-order valence-electron chi connectivity index (χ4n) is 2.12. The molecular formula is C17H23N3O2S2. The van der Waals surface area contributed by atoms with Gasteiger partial charge in [-0.3, -0.25) is 9.59 Å². The van der Waals surface area contributed by atoms with Crippen LogP contribution in [-0.2, 0) is 16.0 Å². The minimum absolute atomic E-state index is 0.0106. The van der Waals surface area contributed by atoms with Crippen LogP contribution < -0.4 is 5.32 Å². The Labute approximate surface area is 150 Å². The Balaban J connectivity index is 1.96. The molecule has 2 aromatic heterocycles. The molecule has 0 radical (unpaired) electrons. The maximum Gasteiger partial charge on any atom is 0.245 e. The number of aromatic nitrogens is 1. The topological polar surface area (TPSA) is 62.3 Å². The lowest BCUT2D eigenvalue weighted by Gasteiger charge is -2.22. The SMILES string of the molecule is Cc1csc(NC(=O)CN(CCC(C)C)C(=O)Cc2cccs2)n1. The fourth-order valence-corrected chi connectivity index (χ4v) is 3.52. The highest BCUT2D eigenvalue weighted by atomic mass is 32.1. The van der Waals surface area contributed by atoms with Crippen LogP contribution in [0.4, 0.5) is 5.13 Å². The van der Waals surface area contributed by atoms with E-state index in [9.17, 15) is 9.59 Å². The van der Waals surface area contributed by atoms with E-state index in [0.29, 0.717) is 24.0 Å². The van der Waals surface area contributed by atoms with E-state index < -0.39 is 0 Å². The van der Waals surface area contributed by atoms with Crippen molar-refractivity contribution < 1.29 is 9.59 Å². The van der Waals surface area contributed by atoms with Crippen molar-refractivity contribution in [2.24, 2.45) is 5.92 Å². The summed E-state index contributed by atoms with van der Waals surface area (Å²) >= 11 is 2.95. The lowest BCUT2D eigenvalue weighted by Crippen LogP contribution is -2.39. The van der Waals surface area contributed by atoms with Crippen molar-refractivity contribution in [2.45, 2.75) is 33.6 Å². The molecule has 7 heteroatoms. The number of hydrogen-bond donors (Lipinski definition) is 1. The molecule has 0 saturated heterocycles. The third kappa shape index (κ3) is 6.05. The van der Waals surface area contributed by atoms with E-state index in [0.717, 1.165) is 17.0 Å². The summed E-state index contributed by atoms with van der Waals surface area (Å²) in [6.45, 7) is 6.76. The Kier molecular flexibility index (Phi) is 6.93. The summed E-state index contributed by atoms with van der Waals surface area (Å²) in [5.41, 5.74) is 0.876. The van der Waals surface area contributed by atoms with Crippen molar-refractivity contribution in [1.82, 2.24) is 9.88 Å². The molecule has 2 heterocycles. The normalized spacial score (nSPS) is 10.8. The molecule has 0 spiro atoms. The van der Waals surface area contributed by atoms with Crippen LogP contribution in [0.2, 0.25) is 0 Å². The largest absolute Gasteiger partial charge is 0.333 e. The van der Waals surface area contributed by atoms with E-state index in [4.69, 9.17) is 0 Å². The number of thiazole rings is 1. The lowest BCUT2D eigenvalue weighted by molar-refractivity contribution is -0.134. The van der Waals surface area contributed by atoms with Gasteiger partial charge in [0, 0.05) is 16.8 Å². The highest BCUT2D eigenvalue weighted by Crippen LogP contribution is 2.15. The molecule has 0 unspecified atom stereocenters. The van der Waals surface area contributed by atoms with E-state index >= 15 is 0 Å². The van der Waals surface area contributed by atoms with E-state index in [-0.39, 0.29) is 18.4 Å². The van der Waals surface area contributed by atoms with Crippen molar-refractivity contribution in [3.8, 4) is 0 Å². The molecule has 0 aromatic carbocycles. The first-order chi connectivity index (χ1) is 11.4. The molecule has 1 N–H and O–H groups in total. The molecule has 0 aliphatic heterocycles. The average molecular weight is 366 g/mol. The molecule has 24 heavy (non-hydrogen) atoms. The summed E-state index contributed by atoms with van der Waals surface area (Å²) in [4.78, 5) is 31.7. The van der Waals surface area contributed by atoms with Crippen molar-refractivity contribution in [3.05, 3.63) is 33.5 Å². The standard InChI is InChI=1S/C17H23N3O2S2/c1-12(2)6-7-20(16(22)9-14-5-4-8-23-14)10-15(21)19-17-18-13(3)11-24-17/h4-5,8,11-12H,6-7,9-10H2,1-3H3,(H,18,19,21). The number of carbonyl (C=O) groups excluding carboxylic acids is 2. The lowest BCUT2D eigenvalue weighted by atomic mass is 10.1. The average Bonchev–Trinajstić information content (AvgIpc) is 3.15. The third-order valence-corrected chi connectivity index (χ3v) is 5.19. The zero-order valence-electron chi connectivity index (χ0n) is 14.2. The van der Waals surface area contributed by atoms with Crippen LogP contribution in [-0.4, -0.2) is 34.8 Å². The Bertz CT molecular complexity index is 665. The summed E-state index contributed by atoms with van der Waals surface area (Å²) in [6.07, 6.45) is 1.22. The van der Waals surface area contributed by atoms with Gasteiger partial charge >= 0.3 is 0 Å². The molecule has 0 fully saturated rings. The van der Waals surface area contributed by atoms with E-state index in [1.54, 1.807) is 16.2 Å². The van der Waals surface area contributed by atoms with Gasteiger partial charge in [0.15, 0.2) is 5.13 Å². The monoisotopic (exact) mass is 365 g/mol. The summed E-state index contributed by atoms with van der Waals surface area (Å²) in [6, 6.07) is 3.88. The number of amides is 2. The Hall–Kier alpha value is -1.73. The van der Waals surface area contributed by atoms with Crippen LogP contribution in [0, 0.1) is 12.8 Å². The second-order valence-corrected chi connectivity index (χ2v) is 7.99. The fraction of sp³-hybridized carbons (Fsp3) is 0.471. The van der Waals surface area contributed by atoms with Crippen LogP contribution in [0.1, 0.15) is 30.8 Å². The third-order valence-electron chi connectivity index (χ3n) is 3.43. The molecule has 2 amide bonds. The first kappa shape index (κ1) is 18.6. The van der Waals surface area contributed by atoms with Crippen molar-refractivity contribution in [3.63, 3.8) is 0 Å². The number of nitrogens with one attached hydrogen (secondary N) is 1. The molecule has 130 valence electrons. The van der Waals surface area contributed by atoms with E-state index in [2.05, 4.69) is 24.1 Å². The second-order valence-electron chi connectivity index (χ2n) is 6.10. The summed E-state index contributed by atoms with van der Waals surface area (Å²) in [7, 11) is 0. The number of carbonyl (C=O) groups is 2. The molecule has 0 saturated carbocycles. The van der Waals surface area contributed by atoms with Crippen molar-refractivity contribution in [2.75, 3.05) is 18.4 Å². The van der Waals surface area contributed by atoms with Gasteiger partial charge in [-0.25, -0.2) is 4.98 Å². The van der Waals surface area contributed by atoms with Crippen LogP contribution in [0.15, 0.2) is 22.9 Å². The number of anilines is 1. The van der Waals surface area contributed by atoms with Gasteiger partial charge in [-0.15, -0.1) is 22.7 Å². The van der Waals surface area contributed by atoms with Gasteiger partial charge in [0.1, 0.15) is 0 Å². The zero-order valence-corrected chi connectivity index (χ0v) is 15.9.